The minimum atomic E-state index is -0.170. The molecule has 1 atom stereocenters. The van der Waals surface area contributed by atoms with E-state index in [-0.39, 0.29) is 23.7 Å². The molecule has 3 heterocycles. The molecule has 0 unspecified atom stereocenters. The molecule has 0 radical (unpaired) electrons. The summed E-state index contributed by atoms with van der Waals surface area (Å²) in [4.78, 5) is 26.9. The number of likely N-dealkylation sites (tertiary alicyclic amines) is 1. The number of nitrogens with one attached hydrogen (secondary N) is 2. The molecule has 8 heteroatoms. The summed E-state index contributed by atoms with van der Waals surface area (Å²) >= 11 is 0. The number of nitrogens with zero attached hydrogens (tertiary/aromatic N) is 4. The number of rotatable bonds is 4. The summed E-state index contributed by atoms with van der Waals surface area (Å²) in [7, 11) is 1.84. The largest absolute Gasteiger partial charge is 0.342 e. The lowest BCUT2D eigenvalue weighted by atomic mass is 9.96. The van der Waals surface area contributed by atoms with Crippen molar-refractivity contribution in [3.63, 3.8) is 0 Å². The van der Waals surface area contributed by atoms with Crippen molar-refractivity contribution >= 4 is 28.7 Å². The average molecular weight is 344 g/mol. The van der Waals surface area contributed by atoms with Crippen LogP contribution in [0.2, 0.25) is 0 Å². The highest BCUT2D eigenvalue weighted by atomic mass is 16.2. The summed E-state index contributed by atoms with van der Waals surface area (Å²) in [6.45, 7) is 3.32. The van der Waals surface area contributed by atoms with E-state index >= 15 is 0 Å². The van der Waals surface area contributed by atoms with Gasteiger partial charge in [-0.3, -0.25) is 14.7 Å². The zero-order valence-corrected chi connectivity index (χ0v) is 14.7. The van der Waals surface area contributed by atoms with E-state index in [9.17, 15) is 9.59 Å². The highest BCUT2D eigenvalue weighted by molar-refractivity contribution is 6.01. The van der Waals surface area contributed by atoms with Gasteiger partial charge < -0.3 is 10.2 Å². The maximum Gasteiger partial charge on any atom is 0.230 e. The number of hydrogen-bond acceptors (Lipinski definition) is 4. The van der Waals surface area contributed by atoms with Crippen LogP contribution in [0, 0.1) is 11.8 Å². The Bertz CT molecular complexity index is 819. The number of carbonyl (C=O) groups excluding carboxylic acids is 2. The van der Waals surface area contributed by atoms with E-state index in [4.69, 9.17) is 0 Å². The number of anilines is 1. The van der Waals surface area contributed by atoms with Crippen molar-refractivity contribution in [2.45, 2.75) is 39.0 Å². The van der Waals surface area contributed by atoms with Gasteiger partial charge in [0.1, 0.15) is 5.82 Å². The second-order valence-electron chi connectivity index (χ2n) is 7.11. The molecule has 0 aromatic carbocycles. The van der Waals surface area contributed by atoms with Gasteiger partial charge in [0.25, 0.3) is 0 Å². The van der Waals surface area contributed by atoms with Crippen molar-refractivity contribution in [1.82, 2.24) is 24.9 Å². The van der Waals surface area contributed by atoms with E-state index in [0.29, 0.717) is 12.4 Å². The Hall–Kier alpha value is -2.38. The molecule has 4 rings (SSSR count). The van der Waals surface area contributed by atoms with Gasteiger partial charge in [-0.2, -0.15) is 10.2 Å². The monoisotopic (exact) mass is 344 g/mol. The number of carbonyl (C=O) groups is 2. The molecule has 2 aromatic heterocycles. The first-order valence-electron chi connectivity index (χ1n) is 9.08. The van der Waals surface area contributed by atoms with Gasteiger partial charge in [-0.05, 0) is 32.1 Å². The Kier molecular flexibility index (Phi) is 3.97. The molecule has 1 aliphatic carbocycles. The molecule has 134 valence electrons. The van der Waals surface area contributed by atoms with Gasteiger partial charge in [0.05, 0.1) is 17.0 Å². The Morgan fingerprint density at radius 3 is 2.80 bits per heavy atom. The molecule has 1 saturated carbocycles. The van der Waals surface area contributed by atoms with E-state index in [1.165, 1.54) is 0 Å². The third-order valence-corrected chi connectivity index (χ3v) is 5.23. The molecule has 2 aromatic rings. The smallest absolute Gasteiger partial charge is 0.230 e. The summed E-state index contributed by atoms with van der Waals surface area (Å²) in [5, 5.41) is 15.5. The third-order valence-electron chi connectivity index (χ3n) is 5.23. The zero-order chi connectivity index (χ0) is 17.6. The van der Waals surface area contributed by atoms with Crippen LogP contribution in [0.1, 0.15) is 38.3 Å². The molecule has 8 nitrogen and oxygen atoms in total. The third kappa shape index (κ3) is 2.89. The van der Waals surface area contributed by atoms with Gasteiger partial charge in [0.15, 0.2) is 5.65 Å². The van der Waals surface area contributed by atoms with E-state index in [1.54, 1.807) is 4.68 Å². The van der Waals surface area contributed by atoms with Crippen LogP contribution in [0.3, 0.4) is 0 Å². The normalized spacial score (nSPS) is 20.9. The number of aromatic nitrogens is 4. The first-order chi connectivity index (χ1) is 12.1. The lowest BCUT2D eigenvalue weighted by Crippen LogP contribution is -2.44. The first kappa shape index (κ1) is 16.1. The first-order valence-corrected chi connectivity index (χ1v) is 9.08. The van der Waals surface area contributed by atoms with Gasteiger partial charge in [0.2, 0.25) is 11.8 Å². The average Bonchev–Trinajstić information content (AvgIpc) is 3.32. The Balaban J connectivity index is 1.49. The minimum Gasteiger partial charge on any atom is -0.342 e. The van der Waals surface area contributed by atoms with Gasteiger partial charge in [-0.15, -0.1) is 0 Å². The summed E-state index contributed by atoms with van der Waals surface area (Å²) in [5.41, 5.74) is 1.65. The molecule has 1 aliphatic heterocycles. The maximum absolute atomic E-state index is 12.7. The van der Waals surface area contributed by atoms with E-state index in [2.05, 4.69) is 20.6 Å². The van der Waals surface area contributed by atoms with E-state index in [0.717, 1.165) is 55.4 Å². The lowest BCUT2D eigenvalue weighted by molar-refractivity contribution is -0.135. The number of hydrogen-bond donors (Lipinski definition) is 2. The molecule has 2 fully saturated rings. The molecule has 2 amide bonds. The van der Waals surface area contributed by atoms with Crippen LogP contribution in [-0.4, -0.2) is 49.8 Å². The van der Waals surface area contributed by atoms with Gasteiger partial charge in [0, 0.05) is 26.1 Å². The molecule has 2 N–H and O–H groups in total. The van der Waals surface area contributed by atoms with Crippen LogP contribution >= 0.6 is 0 Å². The van der Waals surface area contributed by atoms with Crippen molar-refractivity contribution < 1.29 is 9.59 Å². The van der Waals surface area contributed by atoms with Gasteiger partial charge in [-0.1, -0.05) is 6.92 Å². The molecule has 0 bridgehead atoms. The summed E-state index contributed by atoms with van der Waals surface area (Å²) in [5.74, 6) is 0.815. The van der Waals surface area contributed by atoms with Crippen molar-refractivity contribution in [2.24, 2.45) is 18.9 Å². The molecular formula is C17H24N6O2. The lowest BCUT2D eigenvalue weighted by Gasteiger charge is -2.32. The second-order valence-corrected chi connectivity index (χ2v) is 7.11. The number of piperidine rings is 1. The minimum absolute atomic E-state index is 0.0512. The van der Waals surface area contributed by atoms with Crippen LogP contribution in [0.5, 0.6) is 0 Å². The predicted molar refractivity (Wildman–Crippen MR) is 92.9 cm³/mol. The molecule has 1 saturated heterocycles. The Morgan fingerprint density at radius 1 is 1.28 bits per heavy atom. The second kappa shape index (κ2) is 6.16. The molecular weight excluding hydrogens is 320 g/mol. The zero-order valence-electron chi connectivity index (χ0n) is 14.7. The van der Waals surface area contributed by atoms with E-state index in [1.807, 2.05) is 18.9 Å². The summed E-state index contributed by atoms with van der Waals surface area (Å²) < 4.78 is 1.72. The number of aryl methyl sites for hydroxylation is 2. The Morgan fingerprint density at radius 2 is 2.08 bits per heavy atom. The van der Waals surface area contributed by atoms with Crippen LogP contribution in [-0.2, 0) is 23.1 Å². The highest BCUT2D eigenvalue weighted by Gasteiger charge is 2.36. The highest BCUT2D eigenvalue weighted by Crippen LogP contribution is 2.33. The fraction of sp³-hybridized carbons (Fsp3) is 0.647. The summed E-state index contributed by atoms with van der Waals surface area (Å²) in [6, 6.07) is 0. The van der Waals surface area contributed by atoms with Crippen molar-refractivity contribution in [1.29, 1.82) is 0 Å². The van der Waals surface area contributed by atoms with Gasteiger partial charge in [-0.25, -0.2) is 4.68 Å². The van der Waals surface area contributed by atoms with Crippen molar-refractivity contribution in [3.8, 4) is 0 Å². The fourth-order valence-electron chi connectivity index (χ4n) is 3.66. The quantitative estimate of drug-likeness (QED) is 0.877. The fourth-order valence-corrected chi connectivity index (χ4v) is 3.66. The molecule has 25 heavy (non-hydrogen) atoms. The number of aromatic amines is 1. The number of fused-ring (bicyclic) bond motifs is 1. The van der Waals surface area contributed by atoms with Crippen LogP contribution in [0.15, 0.2) is 0 Å². The predicted octanol–water partition coefficient (Wildman–Crippen LogP) is 1.45. The topological polar surface area (TPSA) is 95.9 Å². The Labute approximate surface area is 145 Å². The standard InChI is InChI=1S/C17H24N6O2/c1-3-12-13-14(19-20-15(13)22(2)21-12)18-16(24)11-5-4-8-23(9-11)17(25)10-6-7-10/h10-11H,3-9H2,1-2H3,(H2,18,19,20,24)/t11-/m1/s1. The number of H-pyrrole nitrogens is 1. The molecule has 0 spiro atoms. The van der Waals surface area contributed by atoms with Crippen LogP contribution in [0.4, 0.5) is 5.82 Å². The maximum atomic E-state index is 12.7. The van der Waals surface area contributed by atoms with Crippen LogP contribution < -0.4 is 5.32 Å². The molecule has 2 aliphatic rings. The van der Waals surface area contributed by atoms with Crippen molar-refractivity contribution in [3.05, 3.63) is 5.69 Å². The van der Waals surface area contributed by atoms with E-state index < -0.39 is 0 Å². The SMILES string of the molecule is CCc1nn(C)c2n[nH]c(NC(=O)[C@@H]3CCCN(C(=O)C4CC4)C3)c12. The van der Waals surface area contributed by atoms with Gasteiger partial charge >= 0.3 is 0 Å². The number of amides is 2. The van der Waals surface area contributed by atoms with Crippen molar-refractivity contribution in [2.75, 3.05) is 18.4 Å². The summed E-state index contributed by atoms with van der Waals surface area (Å²) in [6.07, 6.45) is 4.46. The van der Waals surface area contributed by atoms with Crippen LogP contribution in [0.25, 0.3) is 11.0 Å².